The summed E-state index contributed by atoms with van der Waals surface area (Å²) in [6.07, 6.45) is 23.8. The number of aliphatic carboxylic acids is 2. The van der Waals surface area contributed by atoms with Gasteiger partial charge in [0.2, 0.25) is 0 Å². The van der Waals surface area contributed by atoms with E-state index in [1.807, 2.05) is 0 Å². The molecule has 0 saturated carbocycles. The molecule has 4 nitrogen and oxygen atoms in total. The van der Waals surface area contributed by atoms with Gasteiger partial charge in [0.1, 0.15) is 0 Å². The standard InChI is InChI=1S/C24H44O4/c1-2-3-4-5-6-7-8-9-10-11-12-13-14-15-16-17-19-22(24(27)28)20-18-21-23(25)26/h9-10,22H,2-8,11-21H2,1H3,(H,25,26)(H,27,28)/b10-9-. The maximum absolute atomic E-state index is 11.2. The second-order valence-electron chi connectivity index (χ2n) is 8.05. The lowest BCUT2D eigenvalue weighted by Crippen LogP contribution is -2.14. The molecule has 0 spiro atoms. The molecule has 1 unspecified atom stereocenters. The molecule has 0 heterocycles. The third-order valence-corrected chi connectivity index (χ3v) is 5.36. The zero-order chi connectivity index (χ0) is 20.9. The molecule has 0 amide bonds. The Morgan fingerprint density at radius 1 is 0.679 bits per heavy atom. The van der Waals surface area contributed by atoms with Gasteiger partial charge >= 0.3 is 11.9 Å². The molecule has 4 heteroatoms. The second-order valence-corrected chi connectivity index (χ2v) is 8.05. The van der Waals surface area contributed by atoms with Crippen LogP contribution in [0.2, 0.25) is 0 Å². The van der Waals surface area contributed by atoms with Crippen molar-refractivity contribution in [2.24, 2.45) is 5.92 Å². The first-order chi connectivity index (χ1) is 13.6. The van der Waals surface area contributed by atoms with E-state index in [4.69, 9.17) is 5.11 Å². The Hall–Kier alpha value is -1.32. The molecule has 28 heavy (non-hydrogen) atoms. The van der Waals surface area contributed by atoms with Gasteiger partial charge in [0, 0.05) is 6.42 Å². The topological polar surface area (TPSA) is 74.6 Å². The van der Waals surface area contributed by atoms with Crippen LogP contribution in [0, 0.1) is 5.92 Å². The number of carbonyl (C=O) groups is 2. The van der Waals surface area contributed by atoms with Crippen LogP contribution in [0.1, 0.15) is 122 Å². The van der Waals surface area contributed by atoms with Crippen LogP contribution in [0.15, 0.2) is 12.2 Å². The zero-order valence-corrected chi connectivity index (χ0v) is 18.2. The Morgan fingerprint density at radius 3 is 1.64 bits per heavy atom. The minimum absolute atomic E-state index is 0.0667. The number of carboxylic acid groups (broad SMARTS) is 2. The second kappa shape index (κ2) is 20.4. The zero-order valence-electron chi connectivity index (χ0n) is 18.2. The van der Waals surface area contributed by atoms with E-state index in [2.05, 4.69) is 19.1 Å². The first-order valence-corrected chi connectivity index (χ1v) is 11.7. The molecular weight excluding hydrogens is 352 g/mol. The summed E-state index contributed by atoms with van der Waals surface area (Å²) >= 11 is 0. The average Bonchev–Trinajstić information content (AvgIpc) is 2.65. The number of hydrogen-bond donors (Lipinski definition) is 2. The molecule has 0 aromatic carbocycles. The van der Waals surface area contributed by atoms with Crippen molar-refractivity contribution in [3.05, 3.63) is 12.2 Å². The summed E-state index contributed by atoms with van der Waals surface area (Å²) in [6, 6.07) is 0. The summed E-state index contributed by atoms with van der Waals surface area (Å²) < 4.78 is 0. The fourth-order valence-corrected chi connectivity index (χ4v) is 3.53. The summed E-state index contributed by atoms with van der Waals surface area (Å²) in [4.78, 5) is 21.7. The molecule has 0 aliphatic carbocycles. The minimum atomic E-state index is -0.846. The third-order valence-electron chi connectivity index (χ3n) is 5.36. The summed E-state index contributed by atoms with van der Waals surface area (Å²) in [5.41, 5.74) is 0. The van der Waals surface area contributed by atoms with E-state index < -0.39 is 11.9 Å². The highest BCUT2D eigenvalue weighted by atomic mass is 16.4. The smallest absolute Gasteiger partial charge is 0.306 e. The maximum atomic E-state index is 11.2. The van der Waals surface area contributed by atoms with Crippen molar-refractivity contribution in [2.75, 3.05) is 0 Å². The van der Waals surface area contributed by atoms with Crippen molar-refractivity contribution >= 4 is 11.9 Å². The molecule has 0 aromatic heterocycles. The van der Waals surface area contributed by atoms with Crippen molar-refractivity contribution < 1.29 is 19.8 Å². The summed E-state index contributed by atoms with van der Waals surface area (Å²) in [5, 5.41) is 17.8. The van der Waals surface area contributed by atoms with Gasteiger partial charge in [0.25, 0.3) is 0 Å². The van der Waals surface area contributed by atoms with Crippen LogP contribution in [0.3, 0.4) is 0 Å². The van der Waals surface area contributed by atoms with E-state index in [1.165, 1.54) is 77.0 Å². The number of allylic oxidation sites excluding steroid dienone is 2. The molecule has 0 radical (unpaired) electrons. The van der Waals surface area contributed by atoms with Crippen LogP contribution in [0.4, 0.5) is 0 Å². The Balaban J connectivity index is 3.42. The predicted octanol–water partition coefficient (Wildman–Crippen LogP) is 7.37. The Labute approximate surface area is 172 Å². The van der Waals surface area contributed by atoms with Gasteiger partial charge in [-0.05, 0) is 44.9 Å². The van der Waals surface area contributed by atoms with Crippen molar-refractivity contribution in [3.8, 4) is 0 Å². The van der Waals surface area contributed by atoms with E-state index in [0.29, 0.717) is 19.3 Å². The monoisotopic (exact) mass is 396 g/mol. The van der Waals surface area contributed by atoms with Gasteiger partial charge in [-0.3, -0.25) is 9.59 Å². The van der Waals surface area contributed by atoms with Gasteiger partial charge in [-0.15, -0.1) is 0 Å². The fourth-order valence-electron chi connectivity index (χ4n) is 3.53. The highest BCUT2D eigenvalue weighted by Gasteiger charge is 2.16. The largest absolute Gasteiger partial charge is 0.481 e. The van der Waals surface area contributed by atoms with Gasteiger partial charge in [0.15, 0.2) is 0 Å². The predicted molar refractivity (Wildman–Crippen MR) is 117 cm³/mol. The SMILES string of the molecule is CCCCCCCC/C=C\CCCCCCCCC(CCCC(=O)O)C(=O)O. The number of carboxylic acids is 2. The number of rotatable bonds is 21. The Kier molecular flexibility index (Phi) is 19.5. The molecule has 2 N–H and O–H groups in total. The van der Waals surface area contributed by atoms with E-state index in [1.54, 1.807) is 0 Å². The number of hydrogen-bond acceptors (Lipinski definition) is 2. The molecule has 0 fully saturated rings. The summed E-state index contributed by atoms with van der Waals surface area (Å²) in [5.74, 6) is -2.00. The molecule has 0 bridgehead atoms. The van der Waals surface area contributed by atoms with Crippen molar-refractivity contribution in [2.45, 2.75) is 122 Å². The average molecular weight is 397 g/mol. The van der Waals surface area contributed by atoms with E-state index in [9.17, 15) is 14.7 Å². The lowest BCUT2D eigenvalue weighted by molar-refractivity contribution is -0.143. The van der Waals surface area contributed by atoms with Crippen molar-refractivity contribution in [3.63, 3.8) is 0 Å². The molecule has 0 rings (SSSR count). The molecule has 1 atom stereocenters. The van der Waals surface area contributed by atoms with Crippen LogP contribution in [-0.4, -0.2) is 22.2 Å². The van der Waals surface area contributed by atoms with Gasteiger partial charge < -0.3 is 10.2 Å². The highest BCUT2D eigenvalue weighted by Crippen LogP contribution is 2.18. The van der Waals surface area contributed by atoms with Crippen molar-refractivity contribution in [1.29, 1.82) is 0 Å². The lowest BCUT2D eigenvalue weighted by Gasteiger charge is -2.11. The first-order valence-electron chi connectivity index (χ1n) is 11.7. The molecule has 0 aliphatic heterocycles. The normalized spacial score (nSPS) is 12.5. The molecule has 164 valence electrons. The Morgan fingerprint density at radius 2 is 1.14 bits per heavy atom. The fraction of sp³-hybridized carbons (Fsp3) is 0.833. The lowest BCUT2D eigenvalue weighted by atomic mass is 9.95. The van der Waals surface area contributed by atoms with Crippen LogP contribution in [-0.2, 0) is 9.59 Å². The van der Waals surface area contributed by atoms with Gasteiger partial charge in [-0.1, -0.05) is 83.3 Å². The quantitative estimate of drug-likeness (QED) is 0.157. The van der Waals surface area contributed by atoms with Gasteiger partial charge in [0.05, 0.1) is 5.92 Å². The van der Waals surface area contributed by atoms with Crippen LogP contribution in [0.25, 0.3) is 0 Å². The third kappa shape index (κ3) is 19.4. The highest BCUT2D eigenvalue weighted by molar-refractivity contribution is 5.70. The molecule has 0 aliphatic rings. The number of unbranched alkanes of at least 4 members (excludes halogenated alkanes) is 12. The molecular formula is C24H44O4. The van der Waals surface area contributed by atoms with Crippen molar-refractivity contribution in [1.82, 2.24) is 0 Å². The van der Waals surface area contributed by atoms with Crippen LogP contribution >= 0.6 is 0 Å². The first kappa shape index (κ1) is 26.7. The van der Waals surface area contributed by atoms with Crippen LogP contribution in [0.5, 0.6) is 0 Å². The minimum Gasteiger partial charge on any atom is -0.481 e. The molecule has 0 aromatic rings. The van der Waals surface area contributed by atoms with E-state index in [-0.39, 0.29) is 12.3 Å². The van der Waals surface area contributed by atoms with Crippen LogP contribution < -0.4 is 0 Å². The summed E-state index contributed by atoms with van der Waals surface area (Å²) in [6.45, 7) is 2.25. The van der Waals surface area contributed by atoms with Gasteiger partial charge in [-0.25, -0.2) is 0 Å². The maximum Gasteiger partial charge on any atom is 0.306 e. The van der Waals surface area contributed by atoms with E-state index >= 15 is 0 Å². The van der Waals surface area contributed by atoms with E-state index in [0.717, 1.165) is 12.8 Å². The van der Waals surface area contributed by atoms with Gasteiger partial charge in [-0.2, -0.15) is 0 Å². The summed E-state index contributed by atoms with van der Waals surface area (Å²) in [7, 11) is 0. The molecule has 0 saturated heterocycles. The Bertz CT molecular complexity index is 403.